The van der Waals surface area contributed by atoms with Crippen LogP contribution < -0.4 is 4.74 Å². The van der Waals surface area contributed by atoms with Crippen molar-refractivity contribution in [3.63, 3.8) is 0 Å². The van der Waals surface area contributed by atoms with Gasteiger partial charge < -0.3 is 4.74 Å². The van der Waals surface area contributed by atoms with Crippen LogP contribution in [0.4, 0.5) is 0 Å². The highest BCUT2D eigenvalue weighted by Crippen LogP contribution is 2.63. The third-order valence-electron chi connectivity index (χ3n) is 10.4. The zero-order chi connectivity index (χ0) is 34.9. The van der Waals surface area contributed by atoms with Crippen molar-refractivity contribution in [3.05, 3.63) is 192 Å². The van der Waals surface area contributed by atoms with Gasteiger partial charge >= 0.3 is 0 Å². The van der Waals surface area contributed by atoms with E-state index in [1.807, 2.05) is 72.8 Å². The SMILES string of the molecule is c1ccc(-c2nc(-c3ccccc3)nc(-c3ccc4c(c3)C3(c5ccccc5Oc5ccccc53)c3cccc(-c5nc6ccccc6s5)c3-4)n2)cc1. The molecule has 0 bridgehead atoms. The van der Waals surface area contributed by atoms with E-state index in [4.69, 9.17) is 24.7 Å². The summed E-state index contributed by atoms with van der Waals surface area (Å²) in [6, 6.07) is 58.9. The molecule has 7 aromatic carbocycles. The highest BCUT2D eigenvalue weighted by atomic mass is 32.1. The minimum Gasteiger partial charge on any atom is -0.457 e. The van der Waals surface area contributed by atoms with Crippen molar-refractivity contribution in [2.24, 2.45) is 0 Å². The van der Waals surface area contributed by atoms with Gasteiger partial charge in [-0.2, -0.15) is 0 Å². The van der Waals surface area contributed by atoms with E-state index in [0.29, 0.717) is 17.5 Å². The van der Waals surface area contributed by atoms with E-state index in [1.54, 1.807) is 11.3 Å². The maximum atomic E-state index is 6.65. The second kappa shape index (κ2) is 11.6. The molecule has 1 aliphatic carbocycles. The lowest BCUT2D eigenvalue weighted by molar-refractivity contribution is 0.436. The van der Waals surface area contributed by atoms with Gasteiger partial charge in [-0.25, -0.2) is 19.9 Å². The first kappa shape index (κ1) is 29.9. The molecule has 0 saturated heterocycles. The van der Waals surface area contributed by atoms with Crippen LogP contribution in [0.25, 0.3) is 66.1 Å². The number of para-hydroxylation sites is 3. The molecule has 0 unspecified atom stereocenters. The minimum absolute atomic E-state index is 0.617. The van der Waals surface area contributed by atoms with Gasteiger partial charge in [0.05, 0.1) is 15.6 Å². The fourth-order valence-corrected chi connectivity index (χ4v) is 9.19. The lowest BCUT2D eigenvalue weighted by Gasteiger charge is -2.39. The molecule has 1 spiro atoms. The molecule has 6 heteroatoms. The van der Waals surface area contributed by atoms with Gasteiger partial charge in [-0.15, -0.1) is 11.3 Å². The smallest absolute Gasteiger partial charge is 0.164 e. The molecule has 0 N–H and O–H groups in total. The molecular weight excluding hydrogens is 669 g/mol. The predicted molar refractivity (Wildman–Crippen MR) is 212 cm³/mol. The average molecular weight is 697 g/mol. The normalized spacial score (nSPS) is 13.2. The quantitative estimate of drug-likeness (QED) is 0.183. The summed E-state index contributed by atoms with van der Waals surface area (Å²) in [4.78, 5) is 20.4. The topological polar surface area (TPSA) is 60.8 Å². The Bertz CT molecular complexity index is 2750. The fourth-order valence-electron chi connectivity index (χ4n) is 8.19. The van der Waals surface area contributed by atoms with Crippen LogP contribution in [0.5, 0.6) is 11.5 Å². The van der Waals surface area contributed by atoms with Crippen molar-refractivity contribution in [2.75, 3.05) is 0 Å². The minimum atomic E-state index is -0.670. The highest BCUT2D eigenvalue weighted by molar-refractivity contribution is 7.21. The Morgan fingerprint density at radius 1 is 0.415 bits per heavy atom. The largest absolute Gasteiger partial charge is 0.457 e. The number of hydrogen-bond donors (Lipinski definition) is 0. The van der Waals surface area contributed by atoms with Crippen molar-refractivity contribution < 1.29 is 4.74 Å². The van der Waals surface area contributed by atoms with Crippen LogP contribution in [0, 0.1) is 0 Å². The standard InChI is InChI=1S/C47H28N4OS/c1-3-14-29(15-4-1)43-49-44(30-16-5-2-6-17-30)51-45(50-43)31-26-27-32-37(28-31)47(34-19-7-10-23-39(34)52-40-24-11-8-20-35(40)47)36-21-13-18-33(42(32)36)46-48-38-22-9-12-25-41(38)53-46/h1-28H. The van der Waals surface area contributed by atoms with Crippen LogP contribution in [0.3, 0.4) is 0 Å². The van der Waals surface area contributed by atoms with Crippen LogP contribution in [-0.4, -0.2) is 19.9 Å². The van der Waals surface area contributed by atoms with Crippen LogP contribution in [0.2, 0.25) is 0 Å². The summed E-state index contributed by atoms with van der Waals surface area (Å²) in [5, 5.41) is 1.00. The van der Waals surface area contributed by atoms with Crippen LogP contribution in [0.1, 0.15) is 22.3 Å². The Kier molecular flexibility index (Phi) is 6.57. The summed E-state index contributed by atoms with van der Waals surface area (Å²) in [5.74, 6) is 3.57. The Morgan fingerprint density at radius 3 is 1.64 bits per heavy atom. The Balaban J connectivity index is 1.22. The zero-order valence-electron chi connectivity index (χ0n) is 28.3. The Hall–Kier alpha value is -6.76. The van der Waals surface area contributed by atoms with Gasteiger partial charge in [-0.1, -0.05) is 140 Å². The van der Waals surface area contributed by atoms with Gasteiger partial charge in [0.15, 0.2) is 17.5 Å². The van der Waals surface area contributed by atoms with Gasteiger partial charge in [0.2, 0.25) is 0 Å². The molecule has 3 heterocycles. The highest BCUT2D eigenvalue weighted by Gasteiger charge is 2.52. The molecule has 11 rings (SSSR count). The molecule has 53 heavy (non-hydrogen) atoms. The monoisotopic (exact) mass is 696 g/mol. The number of thiazole rings is 1. The lowest BCUT2D eigenvalue weighted by Crippen LogP contribution is -2.32. The third-order valence-corrected chi connectivity index (χ3v) is 11.5. The fraction of sp³-hybridized carbons (Fsp3) is 0.0213. The summed E-state index contributed by atoms with van der Waals surface area (Å²) in [7, 11) is 0. The number of fused-ring (bicyclic) bond motifs is 10. The average Bonchev–Trinajstić information content (AvgIpc) is 3.79. The van der Waals surface area contributed by atoms with Crippen LogP contribution in [-0.2, 0) is 5.41 Å². The van der Waals surface area contributed by atoms with Crippen LogP contribution >= 0.6 is 11.3 Å². The number of aromatic nitrogens is 4. The van der Waals surface area contributed by atoms with E-state index in [-0.39, 0.29) is 0 Å². The zero-order valence-corrected chi connectivity index (χ0v) is 29.1. The summed E-state index contributed by atoms with van der Waals surface area (Å²) < 4.78 is 7.82. The molecule has 9 aromatic rings. The molecule has 0 fully saturated rings. The van der Waals surface area contributed by atoms with Crippen molar-refractivity contribution in [3.8, 4) is 67.4 Å². The van der Waals surface area contributed by atoms with E-state index in [9.17, 15) is 0 Å². The Labute approximate surface area is 309 Å². The number of nitrogens with zero attached hydrogens (tertiary/aromatic N) is 4. The molecule has 0 saturated carbocycles. The number of benzene rings is 7. The molecule has 2 aromatic heterocycles. The van der Waals surface area contributed by atoms with Gasteiger partial charge in [-0.3, -0.25) is 0 Å². The number of rotatable bonds is 4. The molecule has 1 aliphatic heterocycles. The first-order valence-electron chi connectivity index (χ1n) is 17.6. The van der Waals surface area contributed by atoms with E-state index < -0.39 is 5.41 Å². The predicted octanol–water partition coefficient (Wildman–Crippen LogP) is 11.6. The van der Waals surface area contributed by atoms with Gasteiger partial charge in [0, 0.05) is 33.4 Å². The summed E-state index contributed by atoms with van der Waals surface area (Å²) >= 11 is 1.73. The van der Waals surface area contributed by atoms with Crippen molar-refractivity contribution in [1.82, 2.24) is 19.9 Å². The number of hydrogen-bond acceptors (Lipinski definition) is 6. The molecule has 0 atom stereocenters. The molecular formula is C47H28N4OS. The summed E-state index contributed by atoms with van der Waals surface area (Å²) in [5.41, 5.74) is 11.1. The van der Waals surface area contributed by atoms with Crippen LogP contribution in [0.15, 0.2) is 170 Å². The second-order valence-corrected chi connectivity index (χ2v) is 14.4. The third kappa shape index (κ3) is 4.49. The van der Waals surface area contributed by atoms with E-state index in [2.05, 4.69) is 97.1 Å². The first-order chi connectivity index (χ1) is 26.3. The van der Waals surface area contributed by atoms with Gasteiger partial charge in [-0.05, 0) is 52.6 Å². The summed E-state index contributed by atoms with van der Waals surface area (Å²) in [6.07, 6.45) is 0. The maximum Gasteiger partial charge on any atom is 0.164 e. The molecule has 0 amide bonds. The summed E-state index contributed by atoms with van der Waals surface area (Å²) in [6.45, 7) is 0. The maximum absolute atomic E-state index is 6.65. The van der Waals surface area contributed by atoms with Crippen molar-refractivity contribution in [1.29, 1.82) is 0 Å². The molecule has 2 aliphatic rings. The van der Waals surface area contributed by atoms with E-state index >= 15 is 0 Å². The number of ether oxygens (including phenoxy) is 1. The van der Waals surface area contributed by atoms with Gasteiger partial charge in [0.1, 0.15) is 16.5 Å². The molecule has 5 nitrogen and oxygen atoms in total. The van der Waals surface area contributed by atoms with Crippen molar-refractivity contribution >= 4 is 21.6 Å². The second-order valence-electron chi connectivity index (χ2n) is 13.4. The van der Waals surface area contributed by atoms with E-state index in [1.165, 1.54) is 15.8 Å². The molecule has 0 radical (unpaired) electrons. The van der Waals surface area contributed by atoms with Crippen molar-refractivity contribution in [2.45, 2.75) is 5.41 Å². The first-order valence-corrected chi connectivity index (χ1v) is 18.5. The molecule has 248 valence electrons. The van der Waals surface area contributed by atoms with E-state index in [0.717, 1.165) is 66.5 Å². The lowest BCUT2D eigenvalue weighted by atomic mass is 9.66. The van der Waals surface area contributed by atoms with Gasteiger partial charge in [0.25, 0.3) is 0 Å². The Morgan fingerprint density at radius 2 is 0.981 bits per heavy atom.